The highest BCUT2D eigenvalue weighted by molar-refractivity contribution is 7.19. The fourth-order valence-electron chi connectivity index (χ4n) is 3.34. The van der Waals surface area contributed by atoms with Gasteiger partial charge in [0.05, 0.1) is 6.20 Å². The number of benzene rings is 1. The predicted molar refractivity (Wildman–Crippen MR) is 109 cm³/mol. The fourth-order valence-corrected chi connectivity index (χ4v) is 4.13. The molecule has 0 aliphatic carbocycles. The lowest BCUT2D eigenvalue weighted by atomic mass is 10.0. The van der Waals surface area contributed by atoms with Crippen LogP contribution in [-0.2, 0) is 4.79 Å². The van der Waals surface area contributed by atoms with Gasteiger partial charge >= 0.3 is 6.03 Å². The SMILES string of the molecule is CC(C)C(=O)N1CCC(N(C)C(=O)Nc2cnc(-c3cc(F)cc(F)c3)s2)CC1. The Morgan fingerprint density at radius 2 is 1.83 bits per heavy atom. The molecule has 1 saturated heterocycles. The van der Waals surface area contributed by atoms with Gasteiger partial charge in [0.25, 0.3) is 0 Å². The summed E-state index contributed by atoms with van der Waals surface area (Å²) in [4.78, 5) is 32.3. The predicted octanol–water partition coefficient (Wildman–Crippen LogP) is 4.20. The van der Waals surface area contributed by atoms with E-state index in [0.29, 0.717) is 28.7 Å². The number of nitrogens with zero attached hydrogens (tertiary/aromatic N) is 3. The van der Waals surface area contributed by atoms with Gasteiger partial charge < -0.3 is 9.80 Å². The number of urea groups is 1. The molecule has 1 N–H and O–H groups in total. The van der Waals surface area contributed by atoms with Crippen molar-refractivity contribution >= 4 is 28.3 Å². The van der Waals surface area contributed by atoms with E-state index in [2.05, 4.69) is 10.3 Å². The molecule has 1 aliphatic heterocycles. The van der Waals surface area contributed by atoms with E-state index in [0.717, 1.165) is 30.2 Å². The van der Waals surface area contributed by atoms with Gasteiger partial charge in [-0.3, -0.25) is 10.1 Å². The zero-order valence-corrected chi connectivity index (χ0v) is 17.4. The first-order valence-corrected chi connectivity index (χ1v) is 10.3. The number of likely N-dealkylation sites (tertiary alicyclic amines) is 1. The Labute approximate surface area is 172 Å². The van der Waals surface area contributed by atoms with Gasteiger partial charge in [-0.25, -0.2) is 18.6 Å². The highest BCUT2D eigenvalue weighted by Crippen LogP contribution is 2.30. The zero-order chi connectivity index (χ0) is 21.1. The molecule has 0 atom stereocenters. The number of nitrogens with one attached hydrogen (secondary N) is 1. The van der Waals surface area contributed by atoms with E-state index in [1.807, 2.05) is 18.7 Å². The summed E-state index contributed by atoms with van der Waals surface area (Å²) < 4.78 is 26.8. The Bertz CT molecular complexity index is 874. The lowest BCUT2D eigenvalue weighted by Gasteiger charge is -2.37. The van der Waals surface area contributed by atoms with Gasteiger partial charge in [0.2, 0.25) is 5.91 Å². The number of aromatic nitrogens is 1. The normalized spacial score (nSPS) is 14.9. The van der Waals surface area contributed by atoms with Crippen LogP contribution in [-0.4, -0.2) is 52.9 Å². The second-order valence-electron chi connectivity index (χ2n) is 7.44. The first-order valence-electron chi connectivity index (χ1n) is 9.49. The van der Waals surface area contributed by atoms with Gasteiger partial charge in [0.15, 0.2) is 0 Å². The number of anilines is 1. The quantitative estimate of drug-likeness (QED) is 0.803. The molecule has 29 heavy (non-hydrogen) atoms. The highest BCUT2D eigenvalue weighted by atomic mass is 32.1. The summed E-state index contributed by atoms with van der Waals surface area (Å²) in [5.74, 6) is -1.24. The summed E-state index contributed by atoms with van der Waals surface area (Å²) >= 11 is 1.15. The van der Waals surface area contributed by atoms with Gasteiger partial charge in [0, 0.05) is 43.7 Å². The lowest BCUT2D eigenvalue weighted by Crippen LogP contribution is -2.49. The number of piperidine rings is 1. The topological polar surface area (TPSA) is 65.5 Å². The van der Waals surface area contributed by atoms with Crippen LogP contribution < -0.4 is 5.32 Å². The van der Waals surface area contributed by atoms with Crippen LogP contribution in [0.2, 0.25) is 0 Å². The molecule has 0 saturated carbocycles. The number of hydrogen-bond donors (Lipinski definition) is 1. The molecule has 0 bridgehead atoms. The number of halogens is 2. The average Bonchev–Trinajstić information content (AvgIpc) is 3.14. The molecule has 1 aromatic heterocycles. The summed E-state index contributed by atoms with van der Waals surface area (Å²) in [5.41, 5.74) is 0.323. The number of amides is 3. The van der Waals surface area contributed by atoms with Crippen LogP contribution in [0.5, 0.6) is 0 Å². The van der Waals surface area contributed by atoms with E-state index < -0.39 is 11.6 Å². The molecule has 1 fully saturated rings. The maximum atomic E-state index is 13.4. The smallest absolute Gasteiger partial charge is 0.322 e. The van der Waals surface area contributed by atoms with Crippen LogP contribution in [0.15, 0.2) is 24.4 Å². The van der Waals surface area contributed by atoms with Crippen molar-refractivity contribution in [2.45, 2.75) is 32.7 Å². The van der Waals surface area contributed by atoms with E-state index in [9.17, 15) is 18.4 Å². The largest absolute Gasteiger partial charge is 0.342 e. The van der Waals surface area contributed by atoms with Gasteiger partial charge in [-0.2, -0.15) is 0 Å². The van der Waals surface area contributed by atoms with Gasteiger partial charge in [-0.1, -0.05) is 25.2 Å². The van der Waals surface area contributed by atoms with Crippen LogP contribution in [0.1, 0.15) is 26.7 Å². The Hall–Kier alpha value is -2.55. The minimum atomic E-state index is -0.678. The number of thiazole rings is 1. The van der Waals surface area contributed by atoms with Crippen LogP contribution in [0.25, 0.3) is 10.6 Å². The number of rotatable bonds is 4. The van der Waals surface area contributed by atoms with Crippen LogP contribution >= 0.6 is 11.3 Å². The Morgan fingerprint density at radius 1 is 1.21 bits per heavy atom. The number of hydrogen-bond acceptors (Lipinski definition) is 4. The zero-order valence-electron chi connectivity index (χ0n) is 16.6. The van der Waals surface area contributed by atoms with Crippen molar-refractivity contribution in [2.75, 3.05) is 25.5 Å². The third-order valence-corrected chi connectivity index (χ3v) is 5.95. The van der Waals surface area contributed by atoms with E-state index >= 15 is 0 Å². The summed E-state index contributed by atoms with van der Waals surface area (Å²) in [7, 11) is 1.73. The number of carbonyl (C=O) groups excluding carboxylic acids is 2. The van der Waals surface area contributed by atoms with E-state index in [1.165, 1.54) is 18.3 Å². The molecule has 0 spiro atoms. The van der Waals surface area contributed by atoms with Crippen molar-refractivity contribution in [1.29, 1.82) is 0 Å². The molecule has 1 aliphatic rings. The Kier molecular flexibility index (Phi) is 6.46. The molecule has 3 amide bonds. The summed E-state index contributed by atoms with van der Waals surface area (Å²) in [6.45, 7) is 5.04. The van der Waals surface area contributed by atoms with Crippen LogP contribution in [0.4, 0.5) is 18.6 Å². The molecule has 6 nitrogen and oxygen atoms in total. The fraction of sp³-hybridized carbons (Fsp3) is 0.450. The number of carbonyl (C=O) groups is 2. The first kappa shape index (κ1) is 21.2. The Balaban J connectivity index is 1.58. The molecular weight excluding hydrogens is 398 g/mol. The average molecular weight is 423 g/mol. The highest BCUT2D eigenvalue weighted by Gasteiger charge is 2.28. The van der Waals surface area contributed by atoms with E-state index in [4.69, 9.17) is 0 Å². The molecule has 156 valence electrons. The molecule has 2 heterocycles. The summed E-state index contributed by atoms with van der Waals surface area (Å²) in [6.07, 6.45) is 2.91. The van der Waals surface area contributed by atoms with Crippen LogP contribution in [0, 0.1) is 17.6 Å². The van der Waals surface area contributed by atoms with Crippen molar-refractivity contribution in [1.82, 2.24) is 14.8 Å². The standard InChI is InChI=1S/C20H24F2N4O2S/c1-12(2)19(27)26-6-4-16(5-7-26)25(3)20(28)24-17-11-23-18(29-17)13-8-14(21)10-15(22)9-13/h8-12,16H,4-7H2,1-3H3,(H,24,28). The first-order chi connectivity index (χ1) is 13.7. The maximum Gasteiger partial charge on any atom is 0.322 e. The monoisotopic (exact) mass is 422 g/mol. The summed E-state index contributed by atoms with van der Waals surface area (Å²) in [6, 6.07) is 2.96. The molecule has 1 aromatic carbocycles. The van der Waals surface area contributed by atoms with E-state index in [1.54, 1.807) is 11.9 Å². The third kappa shape index (κ3) is 5.09. The van der Waals surface area contributed by atoms with Gasteiger partial charge in [0.1, 0.15) is 21.6 Å². The minimum absolute atomic E-state index is 0.0281. The molecule has 3 rings (SSSR count). The van der Waals surface area contributed by atoms with Gasteiger partial charge in [-0.05, 0) is 25.0 Å². The molecule has 0 unspecified atom stereocenters. The molecule has 0 radical (unpaired) electrons. The Morgan fingerprint density at radius 3 is 2.41 bits per heavy atom. The summed E-state index contributed by atoms with van der Waals surface area (Å²) in [5, 5.41) is 3.70. The van der Waals surface area contributed by atoms with Gasteiger partial charge in [-0.15, -0.1) is 0 Å². The maximum absolute atomic E-state index is 13.4. The lowest BCUT2D eigenvalue weighted by molar-refractivity contribution is -0.135. The molecular formula is C20H24F2N4O2S. The second kappa shape index (κ2) is 8.86. The third-order valence-electron chi connectivity index (χ3n) is 4.98. The second-order valence-corrected chi connectivity index (χ2v) is 8.47. The van der Waals surface area contributed by atoms with Crippen molar-refractivity contribution in [3.05, 3.63) is 36.0 Å². The van der Waals surface area contributed by atoms with Crippen LogP contribution in [0.3, 0.4) is 0 Å². The van der Waals surface area contributed by atoms with Crippen molar-refractivity contribution in [2.24, 2.45) is 5.92 Å². The van der Waals surface area contributed by atoms with Crippen molar-refractivity contribution in [3.63, 3.8) is 0 Å². The molecule has 2 aromatic rings. The van der Waals surface area contributed by atoms with E-state index in [-0.39, 0.29) is 23.9 Å². The molecule has 9 heteroatoms. The van der Waals surface area contributed by atoms with Crippen molar-refractivity contribution < 1.29 is 18.4 Å². The van der Waals surface area contributed by atoms with Crippen molar-refractivity contribution in [3.8, 4) is 10.6 Å². The minimum Gasteiger partial charge on any atom is -0.342 e.